The maximum absolute atomic E-state index is 10.0. The molecule has 1 N–H and O–H groups in total. The summed E-state index contributed by atoms with van der Waals surface area (Å²) in [6.45, 7) is 12.5. The summed E-state index contributed by atoms with van der Waals surface area (Å²) in [7, 11) is 0. The third kappa shape index (κ3) is 6.38. The number of carbonyl (C=O) groups excluding carboxylic acids is 1. The molecule has 0 atom stereocenters. The molecule has 8 rings (SSSR count). The van der Waals surface area contributed by atoms with Crippen molar-refractivity contribution < 1.29 is 30.0 Å². The SMILES string of the molecule is CC(=O)/C=C(/C)O.CC1(C)CCC(C)(C)c2cc3c(cc21)sc1cc2ccnc(-c4[c-]c5ccccc5c(C5CCCC5)c4)c2cc13.[Ir]. The van der Waals surface area contributed by atoms with Gasteiger partial charge in [0.25, 0.3) is 0 Å². The van der Waals surface area contributed by atoms with Crippen LogP contribution in [0.5, 0.6) is 0 Å². The van der Waals surface area contributed by atoms with Gasteiger partial charge in [0, 0.05) is 58.2 Å². The summed E-state index contributed by atoms with van der Waals surface area (Å²) in [6, 6.07) is 27.1. The summed E-state index contributed by atoms with van der Waals surface area (Å²) in [5.41, 5.74) is 7.17. The van der Waals surface area contributed by atoms with E-state index in [1.807, 2.05) is 17.5 Å². The van der Waals surface area contributed by atoms with Gasteiger partial charge in [0.05, 0.1) is 5.76 Å². The number of aliphatic hydroxyl groups excluding tert-OH is 1. The van der Waals surface area contributed by atoms with Gasteiger partial charge in [0.15, 0.2) is 5.78 Å². The van der Waals surface area contributed by atoms with Crippen LogP contribution in [-0.2, 0) is 35.7 Å². The third-order valence-corrected chi connectivity index (χ3v) is 11.7. The molecular formula is C43H44IrNO2S-. The van der Waals surface area contributed by atoms with Crippen LogP contribution in [0, 0.1) is 6.07 Å². The molecule has 0 amide bonds. The van der Waals surface area contributed by atoms with Crippen LogP contribution < -0.4 is 0 Å². The van der Waals surface area contributed by atoms with Gasteiger partial charge in [-0.25, -0.2) is 0 Å². The number of thiophene rings is 1. The van der Waals surface area contributed by atoms with Crippen molar-refractivity contribution in [2.75, 3.05) is 0 Å². The predicted molar refractivity (Wildman–Crippen MR) is 200 cm³/mol. The molecule has 4 aromatic carbocycles. The first-order valence-electron chi connectivity index (χ1n) is 17.0. The maximum atomic E-state index is 10.0. The average Bonchev–Trinajstić information content (AvgIpc) is 3.68. The van der Waals surface area contributed by atoms with Gasteiger partial charge in [0.2, 0.25) is 0 Å². The number of rotatable bonds is 3. The first-order chi connectivity index (χ1) is 22.4. The van der Waals surface area contributed by atoms with Crippen molar-refractivity contribution in [2.24, 2.45) is 0 Å². The van der Waals surface area contributed by atoms with Crippen molar-refractivity contribution in [1.29, 1.82) is 0 Å². The number of nitrogens with zero attached hydrogens (tertiary/aromatic N) is 1. The van der Waals surface area contributed by atoms with E-state index < -0.39 is 0 Å². The molecule has 0 spiro atoms. The van der Waals surface area contributed by atoms with Gasteiger partial charge >= 0.3 is 0 Å². The minimum absolute atomic E-state index is 0. The molecule has 0 bridgehead atoms. The van der Waals surface area contributed by atoms with E-state index in [0.717, 1.165) is 11.3 Å². The van der Waals surface area contributed by atoms with Crippen LogP contribution in [0.25, 0.3) is 53.0 Å². The summed E-state index contributed by atoms with van der Waals surface area (Å²) in [6.07, 6.45) is 10.9. The Bertz CT molecular complexity index is 2210. The minimum Gasteiger partial charge on any atom is -0.512 e. The predicted octanol–water partition coefficient (Wildman–Crippen LogP) is 12.3. The van der Waals surface area contributed by atoms with E-state index in [9.17, 15) is 4.79 Å². The van der Waals surface area contributed by atoms with Gasteiger partial charge in [-0.15, -0.1) is 40.5 Å². The van der Waals surface area contributed by atoms with Crippen LogP contribution in [0.2, 0.25) is 0 Å². The minimum atomic E-state index is -0.125. The van der Waals surface area contributed by atoms with Crippen LogP contribution in [-0.4, -0.2) is 15.9 Å². The largest absolute Gasteiger partial charge is 0.512 e. The van der Waals surface area contributed by atoms with Gasteiger partial charge in [0.1, 0.15) is 0 Å². The Labute approximate surface area is 301 Å². The van der Waals surface area contributed by atoms with E-state index in [1.54, 1.807) is 5.56 Å². The standard InChI is InChI=1S/C38H36NS.C5H8O2.Ir/c1-37(2)14-15-38(3,4)33-22-35-31(21-32(33)37)30-20-29-25(19-34(30)40-35)13-16-39-36(29)26-17-24-11-7-8-12-27(24)28(18-26)23-9-5-6-10-23;1-4(6)3-5(2)7;/h7-8,11-13,16,18-23H,5-6,9-10,14-15H2,1-4H3;3,6H,1-2H3;/q-1;;/b;4-3-;. The van der Waals surface area contributed by atoms with E-state index in [-0.39, 0.29) is 42.5 Å². The van der Waals surface area contributed by atoms with Gasteiger partial charge in [-0.05, 0) is 102 Å². The Morgan fingerprint density at radius 2 is 1.50 bits per heavy atom. The molecular weight excluding hydrogens is 787 g/mol. The van der Waals surface area contributed by atoms with E-state index in [1.165, 1.54) is 111 Å². The third-order valence-electron chi connectivity index (χ3n) is 10.6. The van der Waals surface area contributed by atoms with Crippen molar-refractivity contribution in [3.05, 3.63) is 101 Å². The average molecular weight is 831 g/mol. The Hall–Kier alpha value is -3.37. The number of aromatic nitrogens is 1. The molecule has 2 aliphatic carbocycles. The summed E-state index contributed by atoms with van der Waals surface area (Å²) in [4.78, 5) is 15.0. The quantitative estimate of drug-likeness (QED) is 0.110. The molecule has 1 fully saturated rings. The fourth-order valence-corrected chi connectivity index (χ4v) is 9.13. The van der Waals surface area contributed by atoms with Gasteiger partial charge in [-0.3, -0.25) is 9.78 Å². The van der Waals surface area contributed by atoms with Crippen LogP contribution in [0.15, 0.2) is 78.7 Å². The van der Waals surface area contributed by atoms with Gasteiger partial charge < -0.3 is 5.11 Å². The molecule has 2 aromatic heterocycles. The van der Waals surface area contributed by atoms with E-state index in [0.29, 0.717) is 5.92 Å². The van der Waals surface area contributed by atoms with E-state index in [2.05, 4.69) is 94.4 Å². The first kappa shape index (κ1) is 34.5. The number of hydrogen-bond acceptors (Lipinski definition) is 4. The molecule has 0 saturated heterocycles. The number of pyridine rings is 1. The molecule has 0 aliphatic heterocycles. The normalized spacial score (nSPS) is 17.2. The van der Waals surface area contributed by atoms with E-state index in [4.69, 9.17) is 10.1 Å². The van der Waals surface area contributed by atoms with Gasteiger partial charge in [-0.1, -0.05) is 75.8 Å². The molecule has 249 valence electrons. The second-order valence-corrected chi connectivity index (χ2v) is 16.1. The maximum Gasteiger partial charge on any atom is 0.155 e. The molecule has 48 heavy (non-hydrogen) atoms. The van der Waals surface area contributed by atoms with Crippen molar-refractivity contribution >= 4 is 58.8 Å². The molecule has 2 aliphatic rings. The summed E-state index contributed by atoms with van der Waals surface area (Å²) >= 11 is 1.94. The van der Waals surface area contributed by atoms with Crippen LogP contribution >= 0.6 is 11.3 Å². The van der Waals surface area contributed by atoms with Crippen LogP contribution in [0.1, 0.15) is 103 Å². The molecule has 2 heterocycles. The monoisotopic (exact) mass is 831 g/mol. The van der Waals surface area contributed by atoms with Gasteiger partial charge in [-0.2, -0.15) is 0 Å². The molecule has 0 unspecified atom stereocenters. The zero-order valence-electron chi connectivity index (χ0n) is 28.8. The summed E-state index contributed by atoms with van der Waals surface area (Å²) in [5, 5.41) is 16.2. The molecule has 3 nitrogen and oxygen atoms in total. The van der Waals surface area contributed by atoms with Crippen molar-refractivity contribution in [2.45, 2.75) is 96.8 Å². The summed E-state index contributed by atoms with van der Waals surface area (Å²) in [5.74, 6) is 0.576. The zero-order valence-corrected chi connectivity index (χ0v) is 32.0. The van der Waals surface area contributed by atoms with E-state index >= 15 is 0 Å². The molecule has 1 saturated carbocycles. The number of hydrogen-bond donors (Lipinski definition) is 1. The summed E-state index contributed by atoms with van der Waals surface area (Å²) < 4.78 is 2.77. The van der Waals surface area contributed by atoms with Crippen LogP contribution in [0.4, 0.5) is 0 Å². The number of fused-ring (bicyclic) bond motifs is 6. The number of benzene rings is 4. The Morgan fingerprint density at radius 3 is 2.17 bits per heavy atom. The molecule has 1 radical (unpaired) electrons. The second kappa shape index (κ2) is 13.2. The fraction of sp³-hybridized carbons (Fsp3) is 0.349. The number of allylic oxidation sites excluding steroid dienone is 2. The van der Waals surface area contributed by atoms with Crippen molar-refractivity contribution in [1.82, 2.24) is 4.98 Å². The van der Waals surface area contributed by atoms with Crippen molar-refractivity contribution in [3.63, 3.8) is 0 Å². The Balaban J connectivity index is 0.000000456. The van der Waals surface area contributed by atoms with Crippen molar-refractivity contribution in [3.8, 4) is 11.3 Å². The second-order valence-electron chi connectivity index (χ2n) is 15.1. The number of ketones is 1. The number of aliphatic hydroxyl groups is 1. The molecule has 6 aromatic rings. The Kier molecular flexibility index (Phi) is 9.45. The first-order valence-corrected chi connectivity index (χ1v) is 17.9. The topological polar surface area (TPSA) is 50.2 Å². The smallest absolute Gasteiger partial charge is 0.155 e. The number of carbonyl (C=O) groups is 1. The zero-order chi connectivity index (χ0) is 33.1. The van der Waals surface area contributed by atoms with Crippen LogP contribution in [0.3, 0.4) is 0 Å². The Morgan fingerprint density at radius 1 is 0.854 bits per heavy atom. The molecule has 5 heteroatoms. The fourth-order valence-electron chi connectivity index (χ4n) is 7.97.